The Morgan fingerprint density at radius 2 is 1.61 bits per heavy atom. The Hall–Kier alpha value is -3.35. The molecule has 0 saturated carbocycles. The summed E-state index contributed by atoms with van der Waals surface area (Å²) in [6.45, 7) is 0.0756. The van der Waals surface area contributed by atoms with E-state index in [4.69, 9.17) is 14.3 Å². The van der Waals surface area contributed by atoms with E-state index in [-0.39, 0.29) is 23.5 Å². The topological polar surface area (TPSA) is 82.1 Å². The molecule has 7 nitrogen and oxygen atoms in total. The first-order valence-corrected chi connectivity index (χ1v) is 6.75. The molecule has 0 fully saturated rings. The molecule has 2 aromatic carbocycles. The summed E-state index contributed by atoms with van der Waals surface area (Å²) >= 11 is 0. The van der Waals surface area contributed by atoms with Crippen LogP contribution in [0.25, 0.3) is 0 Å². The number of benzene rings is 2. The summed E-state index contributed by atoms with van der Waals surface area (Å²) < 4.78 is 10.3. The van der Waals surface area contributed by atoms with Gasteiger partial charge in [0.1, 0.15) is 0 Å². The quantitative estimate of drug-likeness (QED) is 0.786. The molecule has 2 aliphatic rings. The first-order chi connectivity index (χ1) is 11.1. The van der Waals surface area contributed by atoms with Gasteiger partial charge in [0.05, 0.1) is 16.7 Å². The van der Waals surface area contributed by atoms with E-state index in [0.717, 1.165) is 0 Å². The fraction of sp³-hybridized carbons (Fsp3) is 0.0625. The maximum atomic E-state index is 12.2. The molecule has 7 heteroatoms. The number of imide groups is 1. The van der Waals surface area contributed by atoms with Gasteiger partial charge in [-0.1, -0.05) is 17.2 Å². The molecule has 0 unspecified atom stereocenters. The molecule has 2 aliphatic heterocycles. The number of nitrogens with zero attached hydrogens (tertiary/aromatic N) is 1. The van der Waals surface area contributed by atoms with Crippen LogP contribution >= 0.6 is 0 Å². The van der Waals surface area contributed by atoms with Crippen molar-refractivity contribution in [3.8, 4) is 11.5 Å². The van der Waals surface area contributed by atoms with Crippen molar-refractivity contribution in [2.24, 2.45) is 0 Å². The highest BCUT2D eigenvalue weighted by atomic mass is 16.7. The summed E-state index contributed by atoms with van der Waals surface area (Å²) in [5.41, 5.74) is 0.553. The minimum Gasteiger partial charge on any atom is -0.454 e. The van der Waals surface area contributed by atoms with E-state index in [1.807, 2.05) is 0 Å². The van der Waals surface area contributed by atoms with Crippen LogP contribution < -0.4 is 9.47 Å². The molecule has 0 atom stereocenters. The van der Waals surface area contributed by atoms with Crippen molar-refractivity contribution < 1.29 is 28.7 Å². The number of amides is 2. The minimum absolute atomic E-state index is 0.0756. The number of hydrogen-bond acceptors (Lipinski definition) is 6. The number of carbonyl (C=O) groups is 3. The summed E-state index contributed by atoms with van der Waals surface area (Å²) in [4.78, 5) is 41.4. The van der Waals surface area contributed by atoms with Gasteiger partial charge in [0.15, 0.2) is 11.5 Å². The van der Waals surface area contributed by atoms with Crippen LogP contribution in [0.4, 0.5) is 0 Å². The highest BCUT2D eigenvalue weighted by Gasteiger charge is 2.38. The van der Waals surface area contributed by atoms with E-state index >= 15 is 0 Å². The summed E-state index contributed by atoms with van der Waals surface area (Å²) in [5.74, 6) is -1.25. The fourth-order valence-corrected chi connectivity index (χ4v) is 2.41. The van der Waals surface area contributed by atoms with Crippen LogP contribution in [-0.2, 0) is 4.84 Å². The Balaban J connectivity index is 1.58. The summed E-state index contributed by atoms with van der Waals surface area (Å²) in [6.07, 6.45) is 0. The van der Waals surface area contributed by atoms with Crippen LogP contribution in [0.1, 0.15) is 31.1 Å². The molecule has 0 saturated heterocycles. The van der Waals surface area contributed by atoms with E-state index in [1.54, 1.807) is 18.2 Å². The zero-order valence-corrected chi connectivity index (χ0v) is 11.6. The lowest BCUT2D eigenvalue weighted by Crippen LogP contribution is -2.32. The van der Waals surface area contributed by atoms with E-state index < -0.39 is 17.8 Å². The van der Waals surface area contributed by atoms with E-state index in [1.165, 1.54) is 24.3 Å². The van der Waals surface area contributed by atoms with Gasteiger partial charge in [-0.25, -0.2) is 4.79 Å². The van der Waals surface area contributed by atoms with Crippen molar-refractivity contribution in [1.29, 1.82) is 0 Å². The average Bonchev–Trinajstić information content (AvgIpc) is 3.13. The Kier molecular flexibility index (Phi) is 2.80. The van der Waals surface area contributed by atoms with Crippen molar-refractivity contribution >= 4 is 17.8 Å². The van der Waals surface area contributed by atoms with Crippen molar-refractivity contribution in [2.45, 2.75) is 0 Å². The Labute approximate surface area is 129 Å². The lowest BCUT2D eigenvalue weighted by molar-refractivity contribution is -0.0584. The molecule has 0 radical (unpaired) electrons. The molecule has 2 aromatic rings. The predicted molar refractivity (Wildman–Crippen MR) is 74.9 cm³/mol. The molecular formula is C16H9NO6. The molecule has 23 heavy (non-hydrogen) atoms. The van der Waals surface area contributed by atoms with Crippen LogP contribution in [0.15, 0.2) is 42.5 Å². The van der Waals surface area contributed by atoms with Crippen molar-refractivity contribution in [3.63, 3.8) is 0 Å². The molecule has 2 amide bonds. The van der Waals surface area contributed by atoms with Crippen LogP contribution in [0.5, 0.6) is 11.5 Å². The third-order valence-corrected chi connectivity index (χ3v) is 3.54. The van der Waals surface area contributed by atoms with Gasteiger partial charge in [-0.2, -0.15) is 0 Å². The molecule has 0 aliphatic carbocycles. The van der Waals surface area contributed by atoms with Gasteiger partial charge in [0.2, 0.25) is 6.79 Å². The fourth-order valence-electron chi connectivity index (χ4n) is 2.41. The van der Waals surface area contributed by atoms with Gasteiger partial charge in [0.25, 0.3) is 11.8 Å². The summed E-state index contributed by atoms with van der Waals surface area (Å²) in [7, 11) is 0. The number of fused-ring (bicyclic) bond motifs is 2. The zero-order valence-electron chi connectivity index (χ0n) is 11.6. The largest absolute Gasteiger partial charge is 0.454 e. The van der Waals surface area contributed by atoms with E-state index in [2.05, 4.69) is 0 Å². The van der Waals surface area contributed by atoms with Crippen LogP contribution in [0.2, 0.25) is 0 Å². The molecule has 114 valence electrons. The maximum absolute atomic E-state index is 12.2. The molecular weight excluding hydrogens is 302 g/mol. The van der Waals surface area contributed by atoms with E-state index in [0.29, 0.717) is 16.6 Å². The Bertz CT molecular complexity index is 824. The Morgan fingerprint density at radius 1 is 0.957 bits per heavy atom. The minimum atomic E-state index is -0.835. The predicted octanol–water partition coefficient (Wildman–Crippen LogP) is 1.78. The first kappa shape index (κ1) is 13.3. The monoisotopic (exact) mass is 311 g/mol. The van der Waals surface area contributed by atoms with Gasteiger partial charge in [0, 0.05) is 0 Å². The molecule has 0 spiro atoms. The molecule has 2 heterocycles. The molecule has 0 N–H and O–H groups in total. The smallest absolute Gasteiger partial charge is 0.364 e. The Morgan fingerprint density at radius 3 is 2.30 bits per heavy atom. The SMILES string of the molecule is O=C(ON1C(=O)c2ccccc2C1=O)c1ccc2c(c1)OCO2. The standard InChI is InChI=1S/C16H9NO6/c18-14-10-3-1-2-4-11(10)15(19)17(14)23-16(20)9-5-6-12-13(7-9)22-8-21-12/h1-7H,8H2. The number of rotatable bonds is 2. The molecule has 0 bridgehead atoms. The highest BCUT2D eigenvalue weighted by Crippen LogP contribution is 2.33. The van der Waals surface area contributed by atoms with Gasteiger partial charge < -0.3 is 14.3 Å². The third kappa shape index (κ3) is 2.02. The lowest BCUT2D eigenvalue weighted by Gasteiger charge is -2.12. The van der Waals surface area contributed by atoms with Crippen molar-refractivity contribution in [2.75, 3.05) is 6.79 Å². The number of hydroxylamine groups is 2. The number of hydrogen-bond donors (Lipinski definition) is 0. The van der Waals surface area contributed by atoms with Crippen molar-refractivity contribution in [1.82, 2.24) is 5.06 Å². The normalized spacial score (nSPS) is 14.9. The zero-order chi connectivity index (χ0) is 16.0. The second-order valence-corrected chi connectivity index (χ2v) is 4.90. The third-order valence-electron chi connectivity index (χ3n) is 3.54. The lowest BCUT2D eigenvalue weighted by atomic mass is 10.1. The van der Waals surface area contributed by atoms with Crippen molar-refractivity contribution in [3.05, 3.63) is 59.2 Å². The summed E-state index contributed by atoms with van der Waals surface area (Å²) in [6, 6.07) is 10.7. The van der Waals surface area contributed by atoms with Gasteiger partial charge >= 0.3 is 5.97 Å². The van der Waals surface area contributed by atoms with E-state index in [9.17, 15) is 14.4 Å². The average molecular weight is 311 g/mol. The summed E-state index contributed by atoms with van der Waals surface area (Å²) in [5, 5.41) is 0.470. The molecule has 4 rings (SSSR count). The highest BCUT2D eigenvalue weighted by molar-refractivity contribution is 6.21. The van der Waals surface area contributed by atoms with Gasteiger partial charge in [-0.05, 0) is 30.3 Å². The number of carbonyl (C=O) groups excluding carboxylic acids is 3. The second-order valence-electron chi connectivity index (χ2n) is 4.90. The van der Waals surface area contributed by atoms with Crippen LogP contribution in [0.3, 0.4) is 0 Å². The van der Waals surface area contributed by atoms with Gasteiger partial charge in [-0.15, -0.1) is 0 Å². The van der Waals surface area contributed by atoms with Crippen LogP contribution in [0, 0.1) is 0 Å². The second kappa shape index (κ2) is 4.84. The number of ether oxygens (including phenoxy) is 2. The maximum Gasteiger partial charge on any atom is 0.364 e. The first-order valence-electron chi connectivity index (χ1n) is 6.75. The molecule has 0 aromatic heterocycles. The van der Waals surface area contributed by atoms with Gasteiger partial charge in [-0.3, -0.25) is 9.59 Å². The van der Waals surface area contributed by atoms with Crippen LogP contribution in [-0.4, -0.2) is 29.6 Å².